The van der Waals surface area contributed by atoms with Crippen LogP contribution in [0.15, 0.2) is 39.9 Å². The highest BCUT2D eigenvalue weighted by molar-refractivity contribution is 5.79. The van der Waals surface area contributed by atoms with Crippen molar-refractivity contribution in [2.45, 2.75) is 26.7 Å². The van der Waals surface area contributed by atoms with Crippen molar-refractivity contribution in [2.75, 3.05) is 52.5 Å². The Balaban J connectivity index is 1.41. The first kappa shape index (κ1) is 21.3. The zero-order valence-corrected chi connectivity index (χ0v) is 17.6. The summed E-state index contributed by atoms with van der Waals surface area (Å²) in [5.41, 5.74) is 3.17. The summed E-state index contributed by atoms with van der Waals surface area (Å²) in [6.07, 6.45) is 3.58. The highest BCUT2D eigenvalue weighted by atomic mass is 16.5. The minimum absolute atomic E-state index is 0.670. The molecule has 0 aliphatic carbocycles. The molecule has 1 saturated heterocycles. The highest BCUT2D eigenvalue weighted by Gasteiger charge is 2.09. The van der Waals surface area contributed by atoms with Crippen molar-refractivity contribution in [3.05, 3.63) is 41.8 Å². The number of ether oxygens (including phenoxy) is 1. The van der Waals surface area contributed by atoms with Crippen molar-refractivity contribution < 1.29 is 9.15 Å². The van der Waals surface area contributed by atoms with Crippen LogP contribution in [0.25, 0.3) is 11.5 Å². The molecule has 0 bridgehead atoms. The number of morpholine rings is 1. The van der Waals surface area contributed by atoms with E-state index in [4.69, 9.17) is 9.15 Å². The van der Waals surface area contributed by atoms with Gasteiger partial charge in [-0.1, -0.05) is 17.7 Å². The number of benzene rings is 1. The number of rotatable bonds is 9. The summed E-state index contributed by atoms with van der Waals surface area (Å²) in [7, 11) is 0. The second kappa shape index (κ2) is 11.6. The fourth-order valence-electron chi connectivity index (χ4n) is 3.21. The molecule has 1 fully saturated rings. The first-order valence-electron chi connectivity index (χ1n) is 10.6. The van der Waals surface area contributed by atoms with E-state index in [1.807, 2.05) is 12.1 Å². The van der Waals surface area contributed by atoms with E-state index in [-0.39, 0.29) is 0 Å². The largest absolute Gasteiger partial charge is 0.444 e. The summed E-state index contributed by atoms with van der Waals surface area (Å²) in [6, 6.07) is 8.21. The lowest BCUT2D eigenvalue weighted by atomic mass is 10.1. The standard InChI is InChI=1S/C22H33N5O2/c1-3-23-22(24-10-4-12-27-13-15-28-16-14-27)25-11-9-20-17-29-21(26-20)19-7-5-18(2)6-8-19/h5-8,17H,3-4,9-16H2,1-2H3,(H2,23,24,25). The van der Waals surface area contributed by atoms with Gasteiger partial charge in [-0.2, -0.15) is 0 Å². The second-order valence-electron chi connectivity index (χ2n) is 7.26. The van der Waals surface area contributed by atoms with Crippen LogP contribution in [0.2, 0.25) is 0 Å². The number of aromatic nitrogens is 1. The van der Waals surface area contributed by atoms with Crippen molar-refractivity contribution in [2.24, 2.45) is 4.99 Å². The van der Waals surface area contributed by atoms with Gasteiger partial charge in [0.1, 0.15) is 6.26 Å². The summed E-state index contributed by atoms with van der Waals surface area (Å²) in [5, 5.41) is 6.69. The molecular formula is C22H33N5O2. The van der Waals surface area contributed by atoms with Gasteiger partial charge in [0.25, 0.3) is 0 Å². The maximum atomic E-state index is 5.63. The second-order valence-corrected chi connectivity index (χ2v) is 7.26. The Morgan fingerprint density at radius 2 is 1.97 bits per heavy atom. The molecule has 158 valence electrons. The Kier molecular flexibility index (Phi) is 8.52. The summed E-state index contributed by atoms with van der Waals surface area (Å²) in [4.78, 5) is 11.7. The van der Waals surface area contributed by atoms with Crippen LogP contribution in [0.3, 0.4) is 0 Å². The molecule has 0 unspecified atom stereocenters. The molecule has 2 aromatic rings. The smallest absolute Gasteiger partial charge is 0.226 e. The van der Waals surface area contributed by atoms with Crippen molar-refractivity contribution >= 4 is 5.96 Å². The number of nitrogens with zero attached hydrogens (tertiary/aromatic N) is 3. The summed E-state index contributed by atoms with van der Waals surface area (Å²) in [6.45, 7) is 11.4. The van der Waals surface area contributed by atoms with Gasteiger partial charge in [0, 0.05) is 51.3 Å². The predicted molar refractivity (Wildman–Crippen MR) is 116 cm³/mol. The first-order valence-corrected chi connectivity index (χ1v) is 10.6. The highest BCUT2D eigenvalue weighted by Crippen LogP contribution is 2.19. The number of oxazole rings is 1. The molecule has 1 aliphatic rings. The Morgan fingerprint density at radius 3 is 2.72 bits per heavy atom. The topological polar surface area (TPSA) is 74.9 Å². The van der Waals surface area contributed by atoms with Crippen molar-refractivity contribution in [1.82, 2.24) is 20.5 Å². The lowest BCUT2D eigenvalue weighted by Gasteiger charge is -2.26. The normalized spacial score (nSPS) is 15.4. The Bertz CT molecular complexity index is 751. The van der Waals surface area contributed by atoms with E-state index in [0.29, 0.717) is 5.89 Å². The number of aliphatic imine (C=N–C) groups is 1. The van der Waals surface area contributed by atoms with Gasteiger partial charge in [0.15, 0.2) is 5.96 Å². The van der Waals surface area contributed by atoms with Gasteiger partial charge in [0.05, 0.1) is 18.9 Å². The van der Waals surface area contributed by atoms with Crippen LogP contribution in [-0.4, -0.2) is 68.3 Å². The van der Waals surface area contributed by atoms with Gasteiger partial charge in [-0.3, -0.25) is 9.89 Å². The third-order valence-corrected chi connectivity index (χ3v) is 4.87. The van der Waals surface area contributed by atoms with E-state index in [1.165, 1.54) is 5.56 Å². The molecule has 0 atom stereocenters. The quantitative estimate of drug-likeness (QED) is 0.383. The number of hydrogen-bond acceptors (Lipinski definition) is 5. The Labute approximate surface area is 173 Å². The van der Waals surface area contributed by atoms with E-state index in [1.54, 1.807) is 6.26 Å². The number of nitrogens with one attached hydrogen (secondary N) is 2. The molecule has 0 spiro atoms. The monoisotopic (exact) mass is 399 g/mol. The first-order chi connectivity index (χ1) is 14.2. The fourth-order valence-corrected chi connectivity index (χ4v) is 3.21. The van der Waals surface area contributed by atoms with Gasteiger partial charge >= 0.3 is 0 Å². The summed E-state index contributed by atoms with van der Waals surface area (Å²) in [5.74, 6) is 1.53. The van der Waals surface area contributed by atoms with Crippen LogP contribution in [-0.2, 0) is 11.2 Å². The van der Waals surface area contributed by atoms with Crippen LogP contribution in [0.1, 0.15) is 24.6 Å². The minimum atomic E-state index is 0.670. The Morgan fingerprint density at radius 1 is 1.17 bits per heavy atom. The lowest BCUT2D eigenvalue weighted by Crippen LogP contribution is -2.39. The molecule has 2 heterocycles. The van der Waals surface area contributed by atoms with Crippen LogP contribution in [0, 0.1) is 6.92 Å². The molecule has 1 aliphatic heterocycles. The van der Waals surface area contributed by atoms with E-state index in [2.05, 4.69) is 51.5 Å². The SMILES string of the molecule is CCNC(=NCCCN1CCOCC1)NCCc1coc(-c2ccc(C)cc2)n1. The maximum Gasteiger partial charge on any atom is 0.226 e. The maximum absolute atomic E-state index is 5.63. The average molecular weight is 400 g/mol. The van der Waals surface area contributed by atoms with Gasteiger partial charge in [-0.15, -0.1) is 0 Å². The molecule has 1 aromatic carbocycles. The molecule has 29 heavy (non-hydrogen) atoms. The third kappa shape index (κ3) is 7.18. The fraction of sp³-hybridized carbons (Fsp3) is 0.545. The molecule has 7 nitrogen and oxygen atoms in total. The lowest BCUT2D eigenvalue weighted by molar-refractivity contribution is 0.0377. The van der Waals surface area contributed by atoms with Crippen LogP contribution >= 0.6 is 0 Å². The van der Waals surface area contributed by atoms with Gasteiger partial charge in [-0.25, -0.2) is 4.98 Å². The van der Waals surface area contributed by atoms with E-state index in [0.717, 1.165) is 82.5 Å². The van der Waals surface area contributed by atoms with E-state index in [9.17, 15) is 0 Å². The van der Waals surface area contributed by atoms with E-state index < -0.39 is 0 Å². The predicted octanol–water partition coefficient (Wildman–Crippen LogP) is 2.47. The summed E-state index contributed by atoms with van der Waals surface area (Å²) < 4.78 is 11.0. The molecule has 2 N–H and O–H groups in total. The molecule has 0 amide bonds. The van der Waals surface area contributed by atoms with Crippen LogP contribution in [0.5, 0.6) is 0 Å². The summed E-state index contributed by atoms with van der Waals surface area (Å²) >= 11 is 0. The zero-order chi connectivity index (χ0) is 20.3. The van der Waals surface area contributed by atoms with Crippen molar-refractivity contribution in [3.8, 4) is 11.5 Å². The van der Waals surface area contributed by atoms with Crippen molar-refractivity contribution in [1.29, 1.82) is 0 Å². The van der Waals surface area contributed by atoms with Crippen LogP contribution in [0.4, 0.5) is 0 Å². The van der Waals surface area contributed by atoms with Gasteiger partial charge < -0.3 is 19.8 Å². The van der Waals surface area contributed by atoms with Crippen LogP contribution < -0.4 is 10.6 Å². The van der Waals surface area contributed by atoms with Gasteiger partial charge in [-0.05, 0) is 32.4 Å². The molecule has 3 rings (SSSR count). The molecule has 0 saturated carbocycles. The van der Waals surface area contributed by atoms with E-state index >= 15 is 0 Å². The average Bonchev–Trinajstić information content (AvgIpc) is 3.21. The minimum Gasteiger partial charge on any atom is -0.444 e. The molecule has 1 aromatic heterocycles. The number of guanidine groups is 1. The number of aryl methyl sites for hydroxylation is 1. The van der Waals surface area contributed by atoms with Gasteiger partial charge in [0.2, 0.25) is 5.89 Å². The Hall–Kier alpha value is -2.38. The molecule has 0 radical (unpaired) electrons. The zero-order valence-electron chi connectivity index (χ0n) is 17.6. The molecular weight excluding hydrogens is 366 g/mol. The molecule has 7 heteroatoms. The third-order valence-electron chi connectivity index (χ3n) is 4.87. The van der Waals surface area contributed by atoms with Crippen molar-refractivity contribution in [3.63, 3.8) is 0 Å². The number of hydrogen-bond donors (Lipinski definition) is 2.